The number of imidazole rings is 1. The van der Waals surface area contributed by atoms with E-state index in [1.807, 2.05) is 25.7 Å². The van der Waals surface area contributed by atoms with Gasteiger partial charge in [-0.25, -0.2) is 23.9 Å². The highest BCUT2D eigenvalue weighted by atomic mass is 19.1. The van der Waals surface area contributed by atoms with Crippen LogP contribution in [0.1, 0.15) is 42.4 Å². The van der Waals surface area contributed by atoms with Crippen LogP contribution in [0.2, 0.25) is 0 Å². The molecule has 0 atom stereocenters. The summed E-state index contributed by atoms with van der Waals surface area (Å²) in [4.78, 5) is 36.6. The number of aromatic nitrogens is 3. The summed E-state index contributed by atoms with van der Waals surface area (Å²) in [7, 11) is 0. The van der Waals surface area contributed by atoms with Crippen molar-refractivity contribution in [1.82, 2.24) is 19.3 Å². The number of amides is 1. The first-order chi connectivity index (χ1) is 17.6. The molecule has 5 rings (SSSR count). The van der Waals surface area contributed by atoms with E-state index in [9.17, 15) is 19.1 Å². The maximum atomic E-state index is 14.6. The fourth-order valence-corrected chi connectivity index (χ4v) is 4.55. The van der Waals surface area contributed by atoms with Crippen LogP contribution >= 0.6 is 0 Å². The van der Waals surface area contributed by atoms with E-state index in [2.05, 4.69) is 15.3 Å². The molecule has 0 spiro atoms. The molecule has 0 bridgehead atoms. The first kappa shape index (κ1) is 24.6. The zero-order chi connectivity index (χ0) is 26.3. The molecule has 2 N–H and O–H groups in total. The number of carboxylic acid groups (broad SMARTS) is 1. The summed E-state index contributed by atoms with van der Waals surface area (Å²) in [6, 6.07) is 3.01. The quantitative estimate of drug-likeness (QED) is 0.531. The normalized spacial score (nSPS) is 15.5. The molecule has 1 fully saturated rings. The lowest BCUT2D eigenvalue weighted by molar-refractivity contribution is 0.0240. The van der Waals surface area contributed by atoms with Crippen LogP contribution in [0.25, 0.3) is 5.65 Å². The van der Waals surface area contributed by atoms with Crippen molar-refractivity contribution in [3.05, 3.63) is 47.2 Å². The zero-order valence-electron chi connectivity index (χ0n) is 21.0. The van der Waals surface area contributed by atoms with Crippen molar-refractivity contribution in [3.8, 4) is 5.75 Å². The van der Waals surface area contributed by atoms with Crippen LogP contribution in [0, 0.1) is 5.82 Å². The number of nitrogens with one attached hydrogen (secondary N) is 1. The van der Waals surface area contributed by atoms with Crippen molar-refractivity contribution < 1.29 is 28.6 Å². The van der Waals surface area contributed by atoms with Gasteiger partial charge in [-0.05, 0) is 32.9 Å². The first-order valence-corrected chi connectivity index (χ1v) is 12.1. The highest BCUT2D eigenvalue weighted by molar-refractivity contribution is 5.87. The Balaban J connectivity index is 1.38. The summed E-state index contributed by atoms with van der Waals surface area (Å²) in [5.41, 5.74) is 1.65. The lowest BCUT2D eigenvalue weighted by Crippen LogP contribution is -2.50. The van der Waals surface area contributed by atoms with Gasteiger partial charge in [-0.2, -0.15) is 0 Å². The molecule has 2 aromatic heterocycles. The number of nitrogens with zero attached hydrogens (tertiary/aromatic N) is 5. The van der Waals surface area contributed by atoms with Gasteiger partial charge in [0.05, 0.1) is 18.5 Å². The third-order valence-corrected chi connectivity index (χ3v) is 6.33. The van der Waals surface area contributed by atoms with Gasteiger partial charge in [0.25, 0.3) is 0 Å². The van der Waals surface area contributed by atoms with Gasteiger partial charge in [-0.15, -0.1) is 0 Å². The van der Waals surface area contributed by atoms with Crippen molar-refractivity contribution >= 4 is 29.3 Å². The second-order valence-electron chi connectivity index (χ2n) is 10.0. The Morgan fingerprint density at radius 3 is 2.68 bits per heavy atom. The van der Waals surface area contributed by atoms with Crippen molar-refractivity contribution in [2.24, 2.45) is 0 Å². The molecule has 2 aliphatic heterocycles. The van der Waals surface area contributed by atoms with Gasteiger partial charge in [0, 0.05) is 56.5 Å². The molecule has 0 saturated carbocycles. The Kier molecular flexibility index (Phi) is 6.26. The Morgan fingerprint density at radius 1 is 1.22 bits per heavy atom. The number of hydrogen-bond donors (Lipinski definition) is 2. The van der Waals surface area contributed by atoms with Gasteiger partial charge in [0.1, 0.15) is 17.2 Å². The summed E-state index contributed by atoms with van der Waals surface area (Å²) < 4.78 is 27.2. The van der Waals surface area contributed by atoms with Gasteiger partial charge >= 0.3 is 12.1 Å². The number of aromatic carboxylic acids is 1. The van der Waals surface area contributed by atoms with E-state index in [-0.39, 0.29) is 24.1 Å². The van der Waals surface area contributed by atoms with Crippen LogP contribution in [0.3, 0.4) is 0 Å². The Bertz CT molecular complexity index is 1360. The molecule has 0 radical (unpaired) electrons. The van der Waals surface area contributed by atoms with E-state index in [1.54, 1.807) is 21.6 Å². The number of carboxylic acids is 1. The topological polar surface area (TPSA) is 122 Å². The standard InChI is InChI=1S/C25H29FN6O5/c1-25(2,3)37-24(35)31-9-7-30(8-10-31)19-13-28-23(32-14-18(22(33)34)29-21(19)32)27-12-16-15-6-11-36-20(15)5-4-17(16)26/h4-5,13-14H,6-12H2,1-3H3,(H,27,28)(H,33,34). The van der Waals surface area contributed by atoms with E-state index in [4.69, 9.17) is 9.47 Å². The summed E-state index contributed by atoms with van der Waals surface area (Å²) in [5, 5.41) is 12.7. The van der Waals surface area contributed by atoms with Crippen LogP contribution in [-0.2, 0) is 17.7 Å². The predicted molar refractivity (Wildman–Crippen MR) is 133 cm³/mol. The van der Waals surface area contributed by atoms with E-state index in [1.165, 1.54) is 12.3 Å². The molecule has 1 aromatic carbocycles. The number of piperazine rings is 1. The lowest BCUT2D eigenvalue weighted by atomic mass is 10.0. The van der Waals surface area contributed by atoms with Crippen LogP contribution in [0.4, 0.5) is 20.8 Å². The number of hydrogen-bond acceptors (Lipinski definition) is 8. The van der Waals surface area contributed by atoms with Crippen LogP contribution in [0.15, 0.2) is 24.5 Å². The van der Waals surface area contributed by atoms with E-state index >= 15 is 0 Å². The second-order valence-corrected chi connectivity index (χ2v) is 10.0. The molecule has 37 heavy (non-hydrogen) atoms. The molecular weight excluding hydrogens is 483 g/mol. The second kappa shape index (κ2) is 9.41. The van der Waals surface area contributed by atoms with Crippen molar-refractivity contribution in [2.75, 3.05) is 43.0 Å². The third-order valence-electron chi connectivity index (χ3n) is 6.33. The number of halogens is 1. The number of ether oxygens (including phenoxy) is 2. The number of anilines is 2. The van der Waals surface area contributed by atoms with Crippen molar-refractivity contribution in [1.29, 1.82) is 0 Å². The molecule has 1 amide bonds. The largest absolute Gasteiger partial charge is 0.493 e. The van der Waals surface area contributed by atoms with Gasteiger partial charge in [0.2, 0.25) is 5.95 Å². The van der Waals surface area contributed by atoms with Gasteiger partial charge < -0.3 is 29.7 Å². The molecule has 0 unspecified atom stereocenters. The molecule has 2 aliphatic rings. The SMILES string of the molecule is CC(C)(C)OC(=O)N1CCN(c2cnc(NCc3c(F)ccc4c3CCO4)n3cc(C(=O)O)nc23)CC1. The third kappa shape index (κ3) is 4.95. The van der Waals surface area contributed by atoms with Gasteiger partial charge in [-0.1, -0.05) is 0 Å². The van der Waals surface area contributed by atoms with Crippen molar-refractivity contribution in [3.63, 3.8) is 0 Å². The number of carbonyl (C=O) groups excluding carboxylic acids is 1. The molecule has 196 valence electrons. The Labute approximate surface area is 212 Å². The minimum absolute atomic E-state index is 0.134. The predicted octanol–water partition coefficient (Wildman–Crippen LogP) is 3.17. The molecule has 12 heteroatoms. The minimum Gasteiger partial charge on any atom is -0.493 e. The fraction of sp³-hybridized carbons (Fsp3) is 0.440. The highest BCUT2D eigenvalue weighted by Crippen LogP contribution is 2.31. The number of carbonyl (C=O) groups is 2. The molecule has 3 aromatic rings. The number of rotatable bonds is 5. The molecule has 4 heterocycles. The average Bonchev–Trinajstić information content (AvgIpc) is 3.50. The van der Waals surface area contributed by atoms with E-state index in [0.717, 1.165) is 5.56 Å². The molecule has 1 saturated heterocycles. The van der Waals surface area contributed by atoms with Crippen LogP contribution in [0.5, 0.6) is 5.75 Å². The smallest absolute Gasteiger partial charge is 0.410 e. The summed E-state index contributed by atoms with van der Waals surface area (Å²) in [5.74, 6) is -0.501. The molecule has 11 nitrogen and oxygen atoms in total. The van der Waals surface area contributed by atoms with Gasteiger partial charge in [-0.3, -0.25) is 4.40 Å². The zero-order valence-corrected chi connectivity index (χ0v) is 21.0. The highest BCUT2D eigenvalue weighted by Gasteiger charge is 2.28. The number of fused-ring (bicyclic) bond motifs is 2. The summed E-state index contributed by atoms with van der Waals surface area (Å²) >= 11 is 0. The first-order valence-electron chi connectivity index (χ1n) is 12.1. The minimum atomic E-state index is -1.17. The maximum absolute atomic E-state index is 14.6. The summed E-state index contributed by atoms with van der Waals surface area (Å²) in [6.45, 7) is 8.00. The Hall–Kier alpha value is -4.09. The maximum Gasteiger partial charge on any atom is 0.410 e. The number of benzene rings is 1. The lowest BCUT2D eigenvalue weighted by Gasteiger charge is -2.36. The average molecular weight is 513 g/mol. The van der Waals surface area contributed by atoms with E-state index in [0.29, 0.717) is 67.8 Å². The fourth-order valence-electron chi connectivity index (χ4n) is 4.55. The monoisotopic (exact) mass is 512 g/mol. The summed E-state index contributed by atoms with van der Waals surface area (Å²) in [6.07, 6.45) is 3.26. The molecular formula is C25H29FN6O5. The van der Waals surface area contributed by atoms with E-state index < -0.39 is 11.6 Å². The van der Waals surface area contributed by atoms with Crippen LogP contribution < -0.4 is 15.0 Å². The van der Waals surface area contributed by atoms with Gasteiger partial charge in [0.15, 0.2) is 11.3 Å². The molecule has 0 aliphatic carbocycles. The van der Waals surface area contributed by atoms with Crippen LogP contribution in [-0.4, -0.2) is 74.8 Å². The van der Waals surface area contributed by atoms with Crippen molar-refractivity contribution in [2.45, 2.75) is 39.3 Å². The Morgan fingerprint density at radius 2 is 1.97 bits per heavy atom.